The van der Waals surface area contributed by atoms with E-state index in [4.69, 9.17) is 4.74 Å². The lowest BCUT2D eigenvalue weighted by Gasteiger charge is -2.28. The lowest BCUT2D eigenvalue weighted by molar-refractivity contribution is -0.153. The highest BCUT2D eigenvalue weighted by molar-refractivity contribution is 6.02. The number of fused-ring (bicyclic) bond motifs is 1. The number of amides is 1. The molecule has 1 heterocycles. The quantitative estimate of drug-likeness (QED) is 0.597. The van der Waals surface area contributed by atoms with Gasteiger partial charge in [0.25, 0.3) is 0 Å². The minimum atomic E-state index is -1.00. The maximum atomic E-state index is 13.5. The third kappa shape index (κ3) is 6.89. The summed E-state index contributed by atoms with van der Waals surface area (Å²) >= 11 is 0. The first-order valence-corrected chi connectivity index (χ1v) is 11.3. The van der Waals surface area contributed by atoms with Gasteiger partial charge in [-0.1, -0.05) is 48.5 Å². The van der Waals surface area contributed by atoms with Crippen molar-refractivity contribution in [2.75, 3.05) is 11.4 Å². The molecule has 3 rings (SSSR count). The summed E-state index contributed by atoms with van der Waals surface area (Å²) < 4.78 is 5.44. The number of rotatable bonds is 8. The van der Waals surface area contributed by atoms with E-state index in [0.29, 0.717) is 31.4 Å². The maximum absolute atomic E-state index is 13.5. The monoisotopic (exact) mass is 452 g/mol. The first kappa shape index (κ1) is 24.5. The zero-order chi connectivity index (χ0) is 24.0. The molecule has 7 nitrogen and oxygen atoms in total. The fraction of sp³-hybridized carbons (Fsp3) is 0.423. The van der Waals surface area contributed by atoms with Crippen LogP contribution in [0.4, 0.5) is 5.69 Å². The van der Waals surface area contributed by atoms with Gasteiger partial charge in [0.1, 0.15) is 18.2 Å². The van der Waals surface area contributed by atoms with Gasteiger partial charge in [-0.2, -0.15) is 0 Å². The van der Waals surface area contributed by atoms with Gasteiger partial charge in [0.05, 0.1) is 6.04 Å². The van der Waals surface area contributed by atoms with Gasteiger partial charge in [0.2, 0.25) is 5.91 Å². The molecular formula is C26H32N2O5. The van der Waals surface area contributed by atoms with Gasteiger partial charge < -0.3 is 9.84 Å². The van der Waals surface area contributed by atoms with Gasteiger partial charge in [-0.15, -0.1) is 0 Å². The van der Waals surface area contributed by atoms with Crippen molar-refractivity contribution in [3.8, 4) is 0 Å². The molecule has 1 aliphatic rings. The van der Waals surface area contributed by atoms with Crippen molar-refractivity contribution in [1.82, 2.24) is 5.32 Å². The molecule has 2 N–H and O–H groups in total. The highest BCUT2D eigenvalue weighted by Gasteiger charge is 2.34. The summed E-state index contributed by atoms with van der Waals surface area (Å²) in [7, 11) is 0. The number of aliphatic carboxylic acids is 1. The molecule has 0 fully saturated rings. The second kappa shape index (κ2) is 10.6. The summed E-state index contributed by atoms with van der Waals surface area (Å²) in [5.74, 6) is -1.83. The topological polar surface area (TPSA) is 95.9 Å². The van der Waals surface area contributed by atoms with Crippen molar-refractivity contribution in [3.05, 3.63) is 65.7 Å². The summed E-state index contributed by atoms with van der Waals surface area (Å²) in [6, 6.07) is 15.5. The molecule has 2 atom stereocenters. The average molecular weight is 453 g/mol. The van der Waals surface area contributed by atoms with Crippen LogP contribution in [-0.4, -0.2) is 47.2 Å². The number of anilines is 1. The Morgan fingerprint density at radius 2 is 1.79 bits per heavy atom. The van der Waals surface area contributed by atoms with Crippen LogP contribution in [0.5, 0.6) is 0 Å². The van der Waals surface area contributed by atoms with E-state index in [2.05, 4.69) is 5.32 Å². The minimum absolute atomic E-state index is 0.229. The molecule has 0 saturated heterocycles. The highest BCUT2D eigenvalue weighted by atomic mass is 16.6. The lowest BCUT2D eigenvalue weighted by Crippen LogP contribution is -2.53. The van der Waals surface area contributed by atoms with Crippen molar-refractivity contribution in [2.24, 2.45) is 0 Å². The third-order valence-corrected chi connectivity index (χ3v) is 5.52. The normalized spacial score (nSPS) is 17.1. The molecule has 176 valence electrons. The Balaban J connectivity index is 1.78. The van der Waals surface area contributed by atoms with Crippen LogP contribution in [0.15, 0.2) is 54.6 Å². The Hall–Kier alpha value is -3.19. The number of ether oxygens (including phenoxy) is 1. The van der Waals surface area contributed by atoms with Gasteiger partial charge in [0, 0.05) is 5.69 Å². The highest BCUT2D eigenvalue weighted by Crippen LogP contribution is 2.27. The molecule has 1 unspecified atom stereocenters. The number of carboxylic acid groups (broad SMARTS) is 1. The molecule has 7 heteroatoms. The van der Waals surface area contributed by atoms with Crippen LogP contribution in [0, 0.1) is 0 Å². The summed E-state index contributed by atoms with van der Waals surface area (Å²) in [4.78, 5) is 39.4. The molecule has 0 aromatic heterocycles. The number of hydrogen-bond acceptors (Lipinski definition) is 5. The molecule has 0 bridgehead atoms. The van der Waals surface area contributed by atoms with E-state index in [9.17, 15) is 19.5 Å². The molecule has 1 aliphatic heterocycles. The molecular weight excluding hydrogens is 420 g/mol. The SMILES string of the molecule is CC(C)(C)OC(=O)CN1C(=O)[C@@H](NC(CCc2ccccc2)C(=O)O)CCc2ccccc21. The minimum Gasteiger partial charge on any atom is -0.480 e. The third-order valence-electron chi connectivity index (χ3n) is 5.52. The van der Waals surface area contributed by atoms with Crippen molar-refractivity contribution in [3.63, 3.8) is 0 Å². The Morgan fingerprint density at radius 3 is 2.45 bits per heavy atom. The Kier molecular flexibility index (Phi) is 7.87. The summed E-state index contributed by atoms with van der Waals surface area (Å²) in [6.45, 7) is 5.10. The fourth-order valence-electron chi connectivity index (χ4n) is 4.01. The summed E-state index contributed by atoms with van der Waals surface area (Å²) in [5.41, 5.74) is 1.97. The number of aryl methyl sites for hydroxylation is 2. The van der Waals surface area contributed by atoms with Gasteiger partial charge >= 0.3 is 11.9 Å². The van der Waals surface area contributed by atoms with E-state index in [1.54, 1.807) is 20.8 Å². The Labute approximate surface area is 194 Å². The number of nitrogens with one attached hydrogen (secondary N) is 1. The van der Waals surface area contributed by atoms with Crippen LogP contribution >= 0.6 is 0 Å². The van der Waals surface area contributed by atoms with Gasteiger partial charge in [0.15, 0.2) is 0 Å². The number of hydrogen-bond donors (Lipinski definition) is 2. The predicted octanol–water partition coefficient (Wildman–Crippen LogP) is 3.35. The second-order valence-electron chi connectivity index (χ2n) is 9.31. The standard InChI is InChI=1S/C26H32N2O5/c1-26(2,3)33-23(29)17-28-22-12-8-7-11-19(22)14-16-20(24(28)30)27-21(25(31)32)15-13-18-9-5-4-6-10-18/h4-12,20-21,27H,13-17H2,1-3H3,(H,31,32)/t20-,21?/m0/s1. The molecule has 0 radical (unpaired) electrons. The fourth-order valence-corrected chi connectivity index (χ4v) is 4.01. The molecule has 0 saturated carbocycles. The molecule has 1 amide bonds. The molecule has 0 spiro atoms. The molecule has 2 aromatic rings. The molecule has 33 heavy (non-hydrogen) atoms. The predicted molar refractivity (Wildman–Crippen MR) is 126 cm³/mol. The largest absolute Gasteiger partial charge is 0.480 e. The molecule has 2 aromatic carbocycles. The Bertz CT molecular complexity index is 984. The Morgan fingerprint density at radius 1 is 1.12 bits per heavy atom. The zero-order valence-corrected chi connectivity index (χ0v) is 19.4. The smallest absolute Gasteiger partial charge is 0.326 e. The van der Waals surface area contributed by atoms with E-state index in [1.807, 2.05) is 54.6 Å². The number of nitrogens with zero attached hydrogens (tertiary/aromatic N) is 1. The van der Waals surface area contributed by atoms with E-state index in [0.717, 1.165) is 11.1 Å². The average Bonchev–Trinajstić information content (AvgIpc) is 2.88. The molecule has 0 aliphatic carbocycles. The van der Waals surface area contributed by atoms with Crippen molar-refractivity contribution < 1.29 is 24.2 Å². The van der Waals surface area contributed by atoms with E-state index in [-0.39, 0.29) is 12.5 Å². The van der Waals surface area contributed by atoms with Crippen LogP contribution in [0.3, 0.4) is 0 Å². The van der Waals surface area contributed by atoms with E-state index >= 15 is 0 Å². The van der Waals surface area contributed by atoms with Crippen LogP contribution in [0.25, 0.3) is 0 Å². The first-order valence-electron chi connectivity index (χ1n) is 11.3. The van der Waals surface area contributed by atoms with Crippen molar-refractivity contribution in [1.29, 1.82) is 0 Å². The number of carbonyl (C=O) groups is 3. The second-order valence-corrected chi connectivity index (χ2v) is 9.31. The van der Waals surface area contributed by atoms with Crippen LogP contribution in [0.1, 0.15) is 44.7 Å². The first-order chi connectivity index (χ1) is 15.6. The zero-order valence-electron chi connectivity index (χ0n) is 19.4. The van der Waals surface area contributed by atoms with Gasteiger partial charge in [-0.25, -0.2) is 0 Å². The maximum Gasteiger partial charge on any atom is 0.326 e. The number of benzene rings is 2. The van der Waals surface area contributed by atoms with Crippen LogP contribution in [-0.2, 0) is 32.0 Å². The van der Waals surface area contributed by atoms with Crippen LogP contribution < -0.4 is 10.2 Å². The summed E-state index contributed by atoms with van der Waals surface area (Å²) in [5, 5.41) is 12.8. The number of carbonyl (C=O) groups excluding carboxylic acids is 2. The number of esters is 1. The van der Waals surface area contributed by atoms with Crippen molar-refractivity contribution in [2.45, 2.75) is 64.1 Å². The summed E-state index contributed by atoms with van der Waals surface area (Å²) in [6.07, 6.45) is 1.96. The van der Waals surface area contributed by atoms with Gasteiger partial charge in [-0.05, 0) is 63.6 Å². The van der Waals surface area contributed by atoms with Gasteiger partial charge in [-0.3, -0.25) is 24.6 Å². The van der Waals surface area contributed by atoms with Crippen molar-refractivity contribution >= 4 is 23.5 Å². The number of para-hydroxylation sites is 1. The van der Waals surface area contributed by atoms with Crippen LogP contribution in [0.2, 0.25) is 0 Å². The van der Waals surface area contributed by atoms with E-state index in [1.165, 1.54) is 4.90 Å². The lowest BCUT2D eigenvalue weighted by atomic mass is 10.0. The number of carboxylic acids is 1. The van der Waals surface area contributed by atoms with E-state index < -0.39 is 29.6 Å².